The summed E-state index contributed by atoms with van der Waals surface area (Å²) in [7, 11) is 0. The van der Waals surface area contributed by atoms with Gasteiger partial charge in [0.15, 0.2) is 5.76 Å². The molecule has 1 saturated carbocycles. The number of anilines is 1. The van der Waals surface area contributed by atoms with Crippen LogP contribution in [-0.2, 0) is 12.4 Å². The lowest BCUT2D eigenvalue weighted by Crippen LogP contribution is -2.40. The van der Waals surface area contributed by atoms with E-state index in [2.05, 4.69) is 15.6 Å². The van der Waals surface area contributed by atoms with Gasteiger partial charge < -0.3 is 15.1 Å². The molecule has 2 aromatic rings. The number of halogens is 6. The molecule has 0 saturated heterocycles. The molecule has 0 bridgehead atoms. The largest absolute Gasteiger partial charge is 0.459 e. The first kappa shape index (κ1) is 22.0. The molecular weight excluding hydrogens is 416 g/mol. The Morgan fingerprint density at radius 1 is 1.00 bits per heavy atom. The minimum atomic E-state index is -5.00. The number of aryl methyl sites for hydroxylation is 1. The fraction of sp³-hybridized carbons (Fsp3) is 0.474. The Balaban J connectivity index is 1.63. The molecule has 0 radical (unpaired) electrons. The Kier molecular flexibility index (Phi) is 6.00. The van der Waals surface area contributed by atoms with E-state index in [0.717, 1.165) is 0 Å². The third-order valence-corrected chi connectivity index (χ3v) is 4.91. The third kappa shape index (κ3) is 5.25. The van der Waals surface area contributed by atoms with Crippen LogP contribution >= 0.6 is 0 Å². The van der Waals surface area contributed by atoms with E-state index in [9.17, 15) is 31.1 Å². The first-order valence-corrected chi connectivity index (χ1v) is 9.21. The summed E-state index contributed by atoms with van der Waals surface area (Å²) in [5, 5.41) is 5.58. The Morgan fingerprint density at radius 3 is 2.00 bits per heavy atom. The quantitative estimate of drug-likeness (QED) is 0.650. The molecule has 0 aromatic carbocycles. The molecule has 2 heterocycles. The highest BCUT2D eigenvalue weighted by atomic mass is 19.4. The standard InChI is InChI=1S/C19H19F6N3O2/c1-10-6-7-30-16(10)17(29)27-12-4-2-11(3-5-12)26-13-8-14(18(20,21)22)28-15(9-13)19(23,24)25/h6-9,11-12H,2-5H2,1H3,(H,26,28)(H,27,29). The maximum atomic E-state index is 12.9. The fourth-order valence-electron chi connectivity index (χ4n) is 3.38. The van der Waals surface area contributed by atoms with E-state index >= 15 is 0 Å². The van der Waals surface area contributed by atoms with Gasteiger partial charge in [0.1, 0.15) is 11.4 Å². The zero-order valence-corrected chi connectivity index (χ0v) is 15.8. The van der Waals surface area contributed by atoms with Gasteiger partial charge in [0.2, 0.25) is 0 Å². The van der Waals surface area contributed by atoms with Crippen LogP contribution in [0.5, 0.6) is 0 Å². The van der Waals surface area contributed by atoms with Crippen LogP contribution in [0.4, 0.5) is 32.0 Å². The van der Waals surface area contributed by atoms with E-state index in [0.29, 0.717) is 43.4 Å². The number of nitrogens with one attached hydrogen (secondary N) is 2. The average molecular weight is 435 g/mol. The Morgan fingerprint density at radius 2 is 1.53 bits per heavy atom. The summed E-state index contributed by atoms with van der Waals surface area (Å²) >= 11 is 0. The summed E-state index contributed by atoms with van der Waals surface area (Å²) in [5.41, 5.74) is -2.80. The molecule has 1 amide bonds. The molecule has 1 fully saturated rings. The van der Waals surface area contributed by atoms with Gasteiger partial charge >= 0.3 is 12.4 Å². The van der Waals surface area contributed by atoms with Crippen molar-refractivity contribution >= 4 is 11.6 Å². The second kappa shape index (κ2) is 8.19. The van der Waals surface area contributed by atoms with Crippen LogP contribution in [0.15, 0.2) is 28.9 Å². The molecule has 11 heteroatoms. The van der Waals surface area contributed by atoms with E-state index in [1.165, 1.54) is 6.26 Å². The van der Waals surface area contributed by atoms with E-state index < -0.39 is 23.7 Å². The number of rotatable bonds is 4. The van der Waals surface area contributed by atoms with Gasteiger partial charge in [-0.25, -0.2) is 4.98 Å². The lowest BCUT2D eigenvalue weighted by atomic mass is 9.91. The molecule has 30 heavy (non-hydrogen) atoms. The summed E-state index contributed by atoms with van der Waals surface area (Å²) in [6.45, 7) is 1.73. The zero-order chi connectivity index (χ0) is 22.1. The van der Waals surface area contributed by atoms with Crippen molar-refractivity contribution in [3.63, 3.8) is 0 Å². The van der Waals surface area contributed by atoms with Crippen LogP contribution in [0.1, 0.15) is 53.2 Å². The molecule has 164 valence electrons. The molecule has 1 aliphatic carbocycles. The minimum Gasteiger partial charge on any atom is -0.459 e. The molecule has 3 rings (SSSR count). The monoisotopic (exact) mass is 435 g/mol. The van der Waals surface area contributed by atoms with E-state index in [-0.39, 0.29) is 29.4 Å². The van der Waals surface area contributed by atoms with Gasteiger partial charge in [0.05, 0.1) is 6.26 Å². The molecule has 0 unspecified atom stereocenters. The Hall–Kier alpha value is -2.72. The number of carbonyl (C=O) groups excluding carboxylic acids is 1. The number of amides is 1. The lowest BCUT2D eigenvalue weighted by Gasteiger charge is -2.30. The van der Waals surface area contributed by atoms with Gasteiger partial charge in [-0.2, -0.15) is 26.3 Å². The van der Waals surface area contributed by atoms with Gasteiger partial charge in [0, 0.05) is 23.3 Å². The molecule has 5 nitrogen and oxygen atoms in total. The van der Waals surface area contributed by atoms with Gasteiger partial charge in [-0.3, -0.25) is 4.79 Å². The predicted molar refractivity (Wildman–Crippen MR) is 94.8 cm³/mol. The Bertz CT molecular complexity index is 866. The van der Waals surface area contributed by atoms with Crippen LogP contribution in [0.3, 0.4) is 0 Å². The van der Waals surface area contributed by atoms with E-state index in [1.54, 1.807) is 13.0 Å². The van der Waals surface area contributed by atoms with Gasteiger partial charge in [0.25, 0.3) is 5.91 Å². The average Bonchev–Trinajstić information content (AvgIpc) is 3.08. The first-order valence-electron chi connectivity index (χ1n) is 9.21. The van der Waals surface area contributed by atoms with Gasteiger partial charge in [-0.05, 0) is 50.8 Å². The topological polar surface area (TPSA) is 67.2 Å². The second-order valence-corrected chi connectivity index (χ2v) is 7.22. The first-order chi connectivity index (χ1) is 13.9. The highest BCUT2D eigenvalue weighted by molar-refractivity contribution is 5.92. The van der Waals surface area contributed by atoms with Crippen molar-refractivity contribution in [1.29, 1.82) is 0 Å². The van der Waals surface area contributed by atoms with Gasteiger partial charge in [-0.15, -0.1) is 0 Å². The highest BCUT2D eigenvalue weighted by Crippen LogP contribution is 2.35. The fourth-order valence-corrected chi connectivity index (χ4v) is 3.38. The third-order valence-electron chi connectivity index (χ3n) is 4.91. The minimum absolute atomic E-state index is 0.158. The van der Waals surface area contributed by atoms with Crippen molar-refractivity contribution in [2.75, 3.05) is 5.32 Å². The van der Waals surface area contributed by atoms with E-state index in [4.69, 9.17) is 4.42 Å². The number of alkyl halides is 6. The maximum Gasteiger partial charge on any atom is 0.433 e. The summed E-state index contributed by atoms with van der Waals surface area (Å²) in [6, 6.07) is 2.32. The second-order valence-electron chi connectivity index (χ2n) is 7.22. The normalized spacial score (nSPS) is 20.1. The lowest BCUT2D eigenvalue weighted by molar-refractivity contribution is -0.150. The molecule has 0 atom stereocenters. The van der Waals surface area contributed by atoms with Crippen molar-refractivity contribution in [2.45, 2.75) is 57.0 Å². The number of nitrogens with zero attached hydrogens (tertiary/aromatic N) is 1. The van der Waals surface area contributed by atoms with Crippen LogP contribution < -0.4 is 10.6 Å². The number of pyridine rings is 1. The summed E-state index contributed by atoms with van der Waals surface area (Å²) < 4.78 is 82.7. The number of aromatic nitrogens is 1. The Labute approximate surface area is 167 Å². The number of carbonyl (C=O) groups is 1. The van der Waals surface area contributed by atoms with E-state index in [1.807, 2.05) is 0 Å². The molecular formula is C19H19F6N3O2. The molecule has 1 aliphatic rings. The van der Waals surface area contributed by atoms with Crippen LogP contribution in [0, 0.1) is 6.92 Å². The zero-order valence-electron chi connectivity index (χ0n) is 15.8. The van der Waals surface area contributed by atoms with Gasteiger partial charge in [-0.1, -0.05) is 0 Å². The summed E-state index contributed by atoms with van der Waals surface area (Å²) in [5.74, 6) is -0.140. The molecule has 2 N–H and O–H groups in total. The van der Waals surface area contributed by atoms with Crippen molar-refractivity contribution in [3.05, 3.63) is 47.2 Å². The smallest absolute Gasteiger partial charge is 0.433 e. The van der Waals surface area contributed by atoms with Crippen LogP contribution in [0.2, 0.25) is 0 Å². The molecule has 0 aliphatic heterocycles. The van der Waals surface area contributed by atoms with Crippen molar-refractivity contribution < 1.29 is 35.6 Å². The molecule has 2 aromatic heterocycles. The summed E-state index contributed by atoms with van der Waals surface area (Å²) in [6.07, 6.45) is -6.61. The highest BCUT2D eigenvalue weighted by Gasteiger charge is 2.39. The SMILES string of the molecule is Cc1ccoc1C(=O)NC1CCC(Nc2cc(C(F)(F)F)nc(C(F)(F)F)c2)CC1. The predicted octanol–water partition coefficient (Wildman–Crippen LogP) is 5.17. The maximum absolute atomic E-state index is 12.9. The van der Waals surface area contributed by atoms with Crippen LogP contribution in [0.25, 0.3) is 0 Å². The number of hydrogen-bond acceptors (Lipinski definition) is 4. The van der Waals surface area contributed by atoms with Crippen molar-refractivity contribution in [3.8, 4) is 0 Å². The summed E-state index contributed by atoms with van der Waals surface area (Å²) in [4.78, 5) is 14.9. The van der Waals surface area contributed by atoms with Crippen LogP contribution in [-0.4, -0.2) is 23.0 Å². The number of furan rings is 1. The van der Waals surface area contributed by atoms with Crippen molar-refractivity contribution in [2.24, 2.45) is 0 Å². The number of hydrogen-bond donors (Lipinski definition) is 2. The van der Waals surface area contributed by atoms with Crippen molar-refractivity contribution in [1.82, 2.24) is 10.3 Å². The molecule has 0 spiro atoms.